The van der Waals surface area contributed by atoms with Crippen LogP contribution in [-0.4, -0.2) is 28.7 Å². The van der Waals surface area contributed by atoms with Crippen molar-refractivity contribution in [1.82, 2.24) is 0 Å². The quantitative estimate of drug-likeness (QED) is 0.877. The third-order valence-electron chi connectivity index (χ3n) is 2.65. The molecule has 5 nitrogen and oxygen atoms in total. The molecule has 1 aromatic rings. The number of hydrogen-bond acceptors (Lipinski definition) is 3. The Morgan fingerprint density at radius 2 is 2.28 bits per heavy atom. The first kappa shape index (κ1) is 12.8. The van der Waals surface area contributed by atoms with Gasteiger partial charge in [0.2, 0.25) is 5.91 Å². The normalized spacial score (nSPS) is 18.4. The number of carboxylic acid groups (broad SMARTS) is 1. The molecule has 1 amide bonds. The van der Waals surface area contributed by atoms with E-state index in [2.05, 4.69) is 26.2 Å². The Balaban J connectivity index is 2.43. The summed E-state index contributed by atoms with van der Waals surface area (Å²) in [6.45, 7) is 1.76. The molecule has 18 heavy (non-hydrogen) atoms. The highest BCUT2D eigenvalue weighted by atomic mass is 79.9. The number of aliphatic imine (C=N–C) groups is 1. The lowest BCUT2D eigenvalue weighted by Gasteiger charge is -2.08. The van der Waals surface area contributed by atoms with Crippen molar-refractivity contribution in [3.05, 3.63) is 28.2 Å². The number of rotatable bonds is 2. The minimum absolute atomic E-state index is 0.307. The summed E-state index contributed by atoms with van der Waals surface area (Å²) in [5.41, 5.74) is 2.10. The van der Waals surface area contributed by atoms with Crippen molar-refractivity contribution in [3.63, 3.8) is 0 Å². The molecule has 6 heteroatoms. The summed E-state index contributed by atoms with van der Waals surface area (Å²) in [5, 5.41) is 11.5. The first-order chi connectivity index (χ1) is 8.47. The third-order valence-corrected chi connectivity index (χ3v) is 3.14. The van der Waals surface area contributed by atoms with Gasteiger partial charge in [0.15, 0.2) is 0 Å². The van der Waals surface area contributed by atoms with Crippen LogP contribution in [0.25, 0.3) is 0 Å². The van der Waals surface area contributed by atoms with E-state index in [0.717, 1.165) is 10.0 Å². The zero-order valence-electron chi connectivity index (χ0n) is 9.61. The first-order valence-electron chi connectivity index (χ1n) is 5.34. The van der Waals surface area contributed by atoms with Gasteiger partial charge in [0.1, 0.15) is 6.04 Å². The Kier molecular flexibility index (Phi) is 3.47. The molecule has 1 atom stereocenters. The molecule has 0 unspecified atom stereocenters. The van der Waals surface area contributed by atoms with E-state index in [4.69, 9.17) is 5.11 Å². The second-order valence-corrected chi connectivity index (χ2v) is 4.92. The van der Waals surface area contributed by atoms with Crippen molar-refractivity contribution in [3.8, 4) is 0 Å². The molecule has 1 heterocycles. The molecule has 0 fully saturated rings. The van der Waals surface area contributed by atoms with E-state index in [1.165, 1.54) is 0 Å². The Hall–Kier alpha value is -1.69. The van der Waals surface area contributed by atoms with Gasteiger partial charge in [0.25, 0.3) is 0 Å². The number of amides is 1. The predicted molar refractivity (Wildman–Crippen MR) is 71.0 cm³/mol. The highest BCUT2D eigenvalue weighted by molar-refractivity contribution is 9.10. The summed E-state index contributed by atoms with van der Waals surface area (Å²) in [4.78, 5) is 26.7. The van der Waals surface area contributed by atoms with E-state index in [9.17, 15) is 9.59 Å². The summed E-state index contributed by atoms with van der Waals surface area (Å²) >= 11 is 3.35. The molecule has 1 aromatic carbocycles. The van der Waals surface area contributed by atoms with Gasteiger partial charge in [-0.2, -0.15) is 0 Å². The summed E-state index contributed by atoms with van der Waals surface area (Å²) < 4.78 is 0.877. The fourth-order valence-electron chi connectivity index (χ4n) is 1.81. The van der Waals surface area contributed by atoms with E-state index in [0.29, 0.717) is 11.4 Å². The van der Waals surface area contributed by atoms with Crippen molar-refractivity contribution in [2.24, 2.45) is 4.99 Å². The molecule has 0 saturated carbocycles. The van der Waals surface area contributed by atoms with E-state index in [1.807, 2.05) is 12.1 Å². The van der Waals surface area contributed by atoms with Crippen LogP contribution in [-0.2, 0) is 9.59 Å². The number of halogens is 1. The van der Waals surface area contributed by atoms with Crippen LogP contribution in [0.1, 0.15) is 18.9 Å². The highest BCUT2D eigenvalue weighted by Gasteiger charge is 2.25. The van der Waals surface area contributed by atoms with E-state index < -0.39 is 17.9 Å². The van der Waals surface area contributed by atoms with Crippen LogP contribution in [0.5, 0.6) is 0 Å². The molecular formula is C12H11BrN2O3. The van der Waals surface area contributed by atoms with Crippen LogP contribution in [0.15, 0.2) is 27.7 Å². The summed E-state index contributed by atoms with van der Waals surface area (Å²) in [6, 6.07) is 4.54. The van der Waals surface area contributed by atoms with Gasteiger partial charge < -0.3 is 10.4 Å². The molecule has 94 valence electrons. The first-order valence-corrected chi connectivity index (χ1v) is 6.13. The molecule has 0 aliphatic carbocycles. The molecule has 1 aliphatic rings. The van der Waals surface area contributed by atoms with Crippen LogP contribution < -0.4 is 5.32 Å². The fraction of sp³-hybridized carbons (Fsp3) is 0.250. The highest BCUT2D eigenvalue weighted by Crippen LogP contribution is 2.25. The number of carboxylic acids is 1. The lowest BCUT2D eigenvalue weighted by atomic mass is 10.1. The van der Waals surface area contributed by atoms with Gasteiger partial charge in [-0.15, -0.1) is 0 Å². The summed E-state index contributed by atoms with van der Waals surface area (Å²) in [5.74, 6) is -1.43. The average molecular weight is 311 g/mol. The molecule has 0 bridgehead atoms. The molecule has 0 saturated heterocycles. The number of anilines is 1. The molecule has 1 aliphatic heterocycles. The number of carbonyl (C=O) groups is 2. The number of carbonyl (C=O) groups excluding carboxylic acids is 1. The van der Waals surface area contributed by atoms with Crippen LogP contribution in [0.2, 0.25) is 0 Å². The maximum atomic E-state index is 11.8. The van der Waals surface area contributed by atoms with Crippen LogP contribution in [0.4, 0.5) is 5.69 Å². The van der Waals surface area contributed by atoms with Crippen molar-refractivity contribution < 1.29 is 14.7 Å². The minimum atomic E-state index is -1.04. The van der Waals surface area contributed by atoms with Gasteiger partial charge in [-0.1, -0.05) is 15.9 Å². The number of benzodiazepines with no additional fused rings is 1. The zero-order valence-corrected chi connectivity index (χ0v) is 11.2. The number of nitrogens with zero attached hydrogens (tertiary/aromatic N) is 1. The monoisotopic (exact) mass is 310 g/mol. The summed E-state index contributed by atoms with van der Waals surface area (Å²) in [6.07, 6.45) is -0.307. The lowest BCUT2D eigenvalue weighted by Crippen LogP contribution is -2.27. The lowest BCUT2D eigenvalue weighted by molar-refractivity contribution is -0.138. The SMILES string of the molecule is CC1=N[C@@H](CC(=O)O)C(=O)Nc2ccc(Br)cc21. The smallest absolute Gasteiger partial charge is 0.306 e. The number of hydrogen-bond donors (Lipinski definition) is 2. The van der Waals surface area contributed by atoms with Crippen molar-refractivity contribution in [2.75, 3.05) is 5.32 Å². The second kappa shape index (κ2) is 4.89. The van der Waals surface area contributed by atoms with Crippen molar-refractivity contribution in [1.29, 1.82) is 0 Å². The van der Waals surface area contributed by atoms with Crippen molar-refractivity contribution in [2.45, 2.75) is 19.4 Å². The van der Waals surface area contributed by atoms with Gasteiger partial charge in [-0.3, -0.25) is 14.6 Å². The Morgan fingerprint density at radius 1 is 1.56 bits per heavy atom. The molecule has 0 aromatic heterocycles. The average Bonchev–Trinajstić information content (AvgIpc) is 2.39. The van der Waals surface area contributed by atoms with E-state index in [-0.39, 0.29) is 6.42 Å². The van der Waals surface area contributed by atoms with Crippen LogP contribution in [0.3, 0.4) is 0 Å². The second-order valence-electron chi connectivity index (χ2n) is 4.01. The Labute approximate surface area is 112 Å². The Bertz CT molecular complexity index is 554. The van der Waals surface area contributed by atoms with E-state index >= 15 is 0 Å². The van der Waals surface area contributed by atoms with Gasteiger partial charge in [0.05, 0.1) is 6.42 Å². The van der Waals surface area contributed by atoms with E-state index in [1.54, 1.807) is 13.0 Å². The van der Waals surface area contributed by atoms with Gasteiger partial charge in [-0.25, -0.2) is 0 Å². The Morgan fingerprint density at radius 3 is 2.94 bits per heavy atom. The zero-order chi connectivity index (χ0) is 13.3. The molecule has 0 radical (unpaired) electrons. The van der Waals surface area contributed by atoms with Gasteiger partial charge in [-0.05, 0) is 25.1 Å². The molecule has 2 rings (SSSR count). The fourth-order valence-corrected chi connectivity index (χ4v) is 2.17. The molecule has 2 N–H and O–H groups in total. The maximum absolute atomic E-state index is 11.8. The standard InChI is InChI=1S/C12H11BrN2O3/c1-6-8-4-7(13)2-3-9(8)15-12(18)10(14-6)5-11(16)17/h2-4,10H,5H2,1H3,(H,15,18)(H,16,17)/t10-/m0/s1. The number of nitrogens with one attached hydrogen (secondary N) is 1. The molecular weight excluding hydrogens is 300 g/mol. The number of fused-ring (bicyclic) bond motifs is 1. The van der Waals surface area contributed by atoms with Crippen molar-refractivity contribution >= 4 is 39.2 Å². The topological polar surface area (TPSA) is 78.8 Å². The van der Waals surface area contributed by atoms with Gasteiger partial charge in [0, 0.05) is 21.4 Å². The largest absolute Gasteiger partial charge is 0.481 e. The summed E-state index contributed by atoms with van der Waals surface area (Å²) in [7, 11) is 0. The van der Waals surface area contributed by atoms with Crippen LogP contribution in [0, 0.1) is 0 Å². The maximum Gasteiger partial charge on any atom is 0.306 e. The minimum Gasteiger partial charge on any atom is -0.481 e. The number of aliphatic carboxylic acids is 1. The van der Waals surface area contributed by atoms with Crippen LogP contribution >= 0.6 is 15.9 Å². The number of benzene rings is 1. The predicted octanol–water partition coefficient (Wildman–Crippen LogP) is 2.05. The van der Waals surface area contributed by atoms with Gasteiger partial charge >= 0.3 is 5.97 Å². The molecule has 0 spiro atoms. The third kappa shape index (κ3) is 2.59.